The number of nitrogens with one attached hydrogen (secondary N) is 1. The van der Waals surface area contributed by atoms with E-state index < -0.39 is 0 Å². The van der Waals surface area contributed by atoms with Gasteiger partial charge in [0.15, 0.2) is 5.75 Å². The zero-order chi connectivity index (χ0) is 18.4. The third-order valence-corrected chi connectivity index (χ3v) is 4.62. The van der Waals surface area contributed by atoms with Crippen molar-refractivity contribution in [3.63, 3.8) is 0 Å². The van der Waals surface area contributed by atoms with E-state index in [-0.39, 0.29) is 0 Å². The molecule has 7 heteroatoms. The maximum atomic E-state index is 6.20. The molecule has 0 aliphatic carbocycles. The van der Waals surface area contributed by atoms with Gasteiger partial charge in [-0.15, -0.1) is 11.3 Å². The second-order valence-electron chi connectivity index (χ2n) is 5.19. The van der Waals surface area contributed by atoms with Crippen LogP contribution in [0, 0.1) is 0 Å². The Morgan fingerprint density at radius 1 is 1.19 bits per heavy atom. The first kappa shape index (κ1) is 18.5. The van der Waals surface area contributed by atoms with Crippen molar-refractivity contribution in [3.8, 4) is 17.0 Å². The second kappa shape index (κ2) is 8.85. The van der Waals surface area contributed by atoms with Crippen LogP contribution in [-0.2, 0) is 0 Å². The number of nitrogens with zero attached hydrogens (tertiary/aromatic N) is 2. The van der Waals surface area contributed by atoms with Crippen LogP contribution in [0.25, 0.3) is 11.3 Å². The van der Waals surface area contributed by atoms with Crippen molar-refractivity contribution in [1.82, 2.24) is 4.98 Å². The van der Waals surface area contributed by atoms with Crippen LogP contribution in [-0.4, -0.2) is 17.8 Å². The number of halogens is 2. The summed E-state index contributed by atoms with van der Waals surface area (Å²) >= 11 is 13.9. The minimum Gasteiger partial charge on any atom is -0.486 e. The minimum atomic E-state index is 0.336. The van der Waals surface area contributed by atoms with Gasteiger partial charge in [0.2, 0.25) is 5.13 Å². The summed E-state index contributed by atoms with van der Waals surface area (Å²) in [5.41, 5.74) is 5.64. The monoisotopic (exact) mass is 403 g/mol. The summed E-state index contributed by atoms with van der Waals surface area (Å²) in [5, 5.41) is 7.70. The van der Waals surface area contributed by atoms with Gasteiger partial charge in [-0.25, -0.2) is 4.98 Å². The van der Waals surface area contributed by atoms with E-state index >= 15 is 0 Å². The van der Waals surface area contributed by atoms with Gasteiger partial charge in [-0.1, -0.05) is 66.2 Å². The van der Waals surface area contributed by atoms with Gasteiger partial charge < -0.3 is 4.74 Å². The van der Waals surface area contributed by atoms with E-state index in [2.05, 4.69) is 22.1 Å². The summed E-state index contributed by atoms with van der Waals surface area (Å²) in [6.45, 7) is 3.93. The summed E-state index contributed by atoms with van der Waals surface area (Å²) < 4.78 is 5.44. The summed E-state index contributed by atoms with van der Waals surface area (Å²) in [6, 6.07) is 13.4. The predicted octanol–water partition coefficient (Wildman–Crippen LogP) is 6.13. The molecule has 1 N–H and O–H groups in total. The average molecular weight is 404 g/mol. The molecular weight excluding hydrogens is 389 g/mol. The van der Waals surface area contributed by atoms with Crippen LogP contribution in [0.4, 0.5) is 5.13 Å². The molecule has 0 aliphatic heterocycles. The molecule has 0 bridgehead atoms. The smallest absolute Gasteiger partial charge is 0.203 e. The van der Waals surface area contributed by atoms with E-state index in [1.54, 1.807) is 24.4 Å². The molecule has 132 valence electrons. The highest BCUT2D eigenvalue weighted by Crippen LogP contribution is 2.34. The Hall–Kier alpha value is -2.34. The van der Waals surface area contributed by atoms with E-state index in [4.69, 9.17) is 27.9 Å². The van der Waals surface area contributed by atoms with Gasteiger partial charge in [-0.3, -0.25) is 5.43 Å². The normalized spacial score (nSPS) is 10.8. The lowest BCUT2D eigenvalue weighted by molar-refractivity contribution is 0.363. The Kier molecular flexibility index (Phi) is 6.28. The van der Waals surface area contributed by atoms with Crippen molar-refractivity contribution < 1.29 is 4.74 Å². The number of benzene rings is 2. The fraction of sp³-hybridized carbons (Fsp3) is 0.0526. The van der Waals surface area contributed by atoms with E-state index in [0.29, 0.717) is 27.5 Å². The maximum absolute atomic E-state index is 6.20. The fourth-order valence-corrected chi connectivity index (χ4v) is 3.44. The SMILES string of the molecule is C=CCOc1c(Cl)cc(C=NNc2nc(-c3ccccc3)cs2)cc1Cl. The van der Waals surface area contributed by atoms with Crippen LogP contribution >= 0.6 is 34.5 Å². The van der Waals surface area contributed by atoms with Gasteiger partial charge in [0.25, 0.3) is 0 Å². The van der Waals surface area contributed by atoms with Crippen molar-refractivity contribution in [1.29, 1.82) is 0 Å². The van der Waals surface area contributed by atoms with Gasteiger partial charge >= 0.3 is 0 Å². The Morgan fingerprint density at radius 2 is 1.92 bits per heavy atom. The first-order chi connectivity index (χ1) is 12.7. The highest BCUT2D eigenvalue weighted by Gasteiger charge is 2.09. The number of hydrogen-bond acceptors (Lipinski definition) is 5. The number of ether oxygens (including phenoxy) is 1. The van der Waals surface area contributed by atoms with Crippen molar-refractivity contribution in [2.45, 2.75) is 0 Å². The molecular formula is C19H15Cl2N3OS. The quantitative estimate of drug-likeness (QED) is 0.293. The zero-order valence-electron chi connectivity index (χ0n) is 13.7. The van der Waals surface area contributed by atoms with E-state index in [0.717, 1.165) is 16.8 Å². The van der Waals surface area contributed by atoms with Crippen molar-refractivity contribution in [3.05, 3.63) is 76.1 Å². The predicted molar refractivity (Wildman–Crippen MR) is 111 cm³/mol. The summed E-state index contributed by atoms with van der Waals surface area (Å²) in [4.78, 5) is 4.51. The van der Waals surface area contributed by atoms with Gasteiger partial charge in [-0.05, 0) is 17.7 Å². The van der Waals surface area contributed by atoms with Crippen LogP contribution in [0.2, 0.25) is 10.0 Å². The molecule has 1 heterocycles. The standard InChI is InChI=1S/C19H15Cl2N3OS/c1-2-8-25-18-15(20)9-13(10-16(18)21)11-22-24-19-23-17(12-26-19)14-6-4-3-5-7-14/h2-7,9-12H,1,8H2,(H,23,24). The molecule has 1 aromatic heterocycles. The molecule has 0 amide bonds. The molecule has 2 aromatic carbocycles. The molecule has 4 nitrogen and oxygen atoms in total. The van der Waals surface area contributed by atoms with Crippen molar-refractivity contribution in [2.75, 3.05) is 12.0 Å². The molecule has 3 aromatic rings. The Balaban J connectivity index is 1.67. The largest absolute Gasteiger partial charge is 0.486 e. The molecule has 0 radical (unpaired) electrons. The summed E-state index contributed by atoms with van der Waals surface area (Å²) in [7, 11) is 0. The van der Waals surface area contributed by atoms with Crippen LogP contribution < -0.4 is 10.2 Å². The Bertz CT molecular complexity index is 903. The topological polar surface area (TPSA) is 46.5 Å². The molecule has 0 unspecified atom stereocenters. The average Bonchev–Trinajstić information content (AvgIpc) is 3.11. The van der Waals surface area contributed by atoms with Gasteiger partial charge in [0.1, 0.15) is 6.61 Å². The van der Waals surface area contributed by atoms with Crippen LogP contribution in [0.15, 0.2) is 65.6 Å². The zero-order valence-corrected chi connectivity index (χ0v) is 16.0. The molecule has 26 heavy (non-hydrogen) atoms. The van der Waals surface area contributed by atoms with Crippen LogP contribution in [0.3, 0.4) is 0 Å². The number of hydrogen-bond donors (Lipinski definition) is 1. The number of anilines is 1. The summed E-state index contributed by atoms with van der Waals surface area (Å²) in [5.74, 6) is 0.436. The molecule has 0 atom stereocenters. The first-order valence-corrected chi connectivity index (χ1v) is 9.33. The third-order valence-electron chi connectivity index (χ3n) is 3.31. The van der Waals surface area contributed by atoms with Crippen LogP contribution in [0.5, 0.6) is 5.75 Å². The molecule has 0 saturated heterocycles. The molecule has 0 fully saturated rings. The van der Waals surface area contributed by atoms with Crippen molar-refractivity contribution >= 4 is 45.9 Å². The third kappa shape index (κ3) is 4.64. The van der Waals surface area contributed by atoms with E-state index in [9.17, 15) is 0 Å². The van der Waals surface area contributed by atoms with Crippen molar-refractivity contribution in [2.24, 2.45) is 5.10 Å². The Morgan fingerprint density at radius 3 is 2.62 bits per heavy atom. The second-order valence-corrected chi connectivity index (χ2v) is 6.86. The van der Waals surface area contributed by atoms with Crippen LogP contribution in [0.1, 0.15) is 5.56 Å². The van der Waals surface area contributed by atoms with Gasteiger partial charge in [0.05, 0.1) is 22.0 Å². The number of thiazole rings is 1. The van der Waals surface area contributed by atoms with Gasteiger partial charge in [-0.2, -0.15) is 5.10 Å². The van der Waals surface area contributed by atoms with Gasteiger partial charge in [0, 0.05) is 10.9 Å². The Labute approximate surface area is 165 Å². The highest BCUT2D eigenvalue weighted by molar-refractivity contribution is 7.14. The molecule has 0 saturated carbocycles. The molecule has 0 aliphatic rings. The minimum absolute atomic E-state index is 0.336. The van der Waals surface area contributed by atoms with E-state index in [1.165, 1.54) is 11.3 Å². The molecule has 0 spiro atoms. The number of rotatable bonds is 7. The molecule has 3 rings (SSSR count). The number of hydrazone groups is 1. The maximum Gasteiger partial charge on any atom is 0.203 e. The summed E-state index contributed by atoms with van der Waals surface area (Å²) in [6.07, 6.45) is 3.25. The lowest BCUT2D eigenvalue weighted by atomic mass is 10.2. The lowest BCUT2D eigenvalue weighted by Crippen LogP contribution is -1.96. The number of aromatic nitrogens is 1. The highest BCUT2D eigenvalue weighted by atomic mass is 35.5. The van der Waals surface area contributed by atoms with E-state index in [1.807, 2.05) is 35.7 Å². The first-order valence-electron chi connectivity index (χ1n) is 7.70. The fourth-order valence-electron chi connectivity index (χ4n) is 2.16. The lowest BCUT2D eigenvalue weighted by Gasteiger charge is -2.08.